The van der Waals surface area contributed by atoms with Crippen LogP contribution >= 0.6 is 24.8 Å². The highest BCUT2D eigenvalue weighted by molar-refractivity contribution is 5.85. The topological polar surface area (TPSA) is 45.2 Å². The molecule has 0 saturated carbocycles. The van der Waals surface area contributed by atoms with Crippen LogP contribution in [-0.2, 0) is 0 Å². The molecule has 3 nitrogen and oxygen atoms in total. The fraction of sp³-hybridized carbons (Fsp3) is 0.267. The minimum atomic E-state index is -0.480. The molecule has 2 atom stereocenters. The molecule has 0 fully saturated rings. The zero-order chi connectivity index (χ0) is 13.0. The number of pyridine rings is 1. The monoisotopic (exact) mass is 314 g/mol. The van der Waals surface area contributed by atoms with Gasteiger partial charge in [-0.25, -0.2) is 0 Å². The summed E-state index contributed by atoms with van der Waals surface area (Å²) >= 11 is 0. The van der Waals surface area contributed by atoms with Crippen LogP contribution in [0.1, 0.15) is 24.1 Å². The van der Waals surface area contributed by atoms with Crippen molar-refractivity contribution in [1.82, 2.24) is 4.98 Å². The van der Waals surface area contributed by atoms with Crippen LogP contribution in [0, 0.1) is 0 Å². The van der Waals surface area contributed by atoms with Gasteiger partial charge in [0, 0.05) is 18.9 Å². The number of anilines is 1. The Hall–Kier alpha value is -1.29. The summed E-state index contributed by atoms with van der Waals surface area (Å²) in [6, 6.07) is 13.8. The minimum Gasteiger partial charge on any atom is -0.392 e. The summed E-state index contributed by atoms with van der Waals surface area (Å²) < 4.78 is 0. The molecule has 0 aliphatic carbocycles. The number of nitrogens with zero attached hydrogens (tertiary/aromatic N) is 1. The van der Waals surface area contributed by atoms with Crippen LogP contribution in [-0.4, -0.2) is 23.2 Å². The quantitative estimate of drug-likeness (QED) is 0.908. The molecule has 0 aliphatic rings. The van der Waals surface area contributed by atoms with Crippen molar-refractivity contribution in [2.45, 2.75) is 18.9 Å². The number of benzene rings is 1. The predicted molar refractivity (Wildman–Crippen MR) is 88.2 cm³/mol. The van der Waals surface area contributed by atoms with E-state index < -0.39 is 6.10 Å². The predicted octanol–water partition coefficient (Wildman–Crippen LogP) is 3.48. The maximum atomic E-state index is 10.0. The number of rotatable bonds is 4. The van der Waals surface area contributed by atoms with Crippen molar-refractivity contribution in [1.29, 1.82) is 0 Å². The molecule has 0 spiro atoms. The summed E-state index contributed by atoms with van der Waals surface area (Å²) in [5.41, 5.74) is 2.99. The van der Waals surface area contributed by atoms with Gasteiger partial charge in [0.25, 0.3) is 0 Å². The molecule has 0 bridgehead atoms. The second-order valence-electron chi connectivity index (χ2n) is 4.35. The van der Waals surface area contributed by atoms with E-state index in [0.717, 1.165) is 16.9 Å². The highest BCUT2D eigenvalue weighted by atomic mass is 35.5. The molecule has 0 aliphatic heterocycles. The number of aliphatic hydroxyl groups excluding tert-OH is 1. The minimum absolute atomic E-state index is 0. The molecule has 5 heteroatoms. The maximum Gasteiger partial charge on any atom is 0.0636 e. The third-order valence-corrected chi connectivity index (χ3v) is 3.02. The molecular formula is C15H20Cl2N2O. The number of aliphatic hydroxyl groups is 1. The van der Waals surface area contributed by atoms with Gasteiger partial charge in [-0.3, -0.25) is 4.98 Å². The van der Waals surface area contributed by atoms with Crippen LogP contribution in [0.25, 0.3) is 0 Å². The first-order valence-corrected chi connectivity index (χ1v) is 6.09. The summed E-state index contributed by atoms with van der Waals surface area (Å²) in [6.45, 7) is 1.80. The van der Waals surface area contributed by atoms with Gasteiger partial charge in [-0.2, -0.15) is 0 Å². The van der Waals surface area contributed by atoms with Crippen molar-refractivity contribution in [2.24, 2.45) is 0 Å². The van der Waals surface area contributed by atoms with Crippen molar-refractivity contribution in [3.8, 4) is 0 Å². The Balaban J connectivity index is 0.00000180. The van der Waals surface area contributed by atoms with E-state index in [9.17, 15) is 5.11 Å². The second kappa shape index (κ2) is 8.80. The van der Waals surface area contributed by atoms with Crippen LogP contribution in [0.5, 0.6) is 0 Å². The van der Waals surface area contributed by atoms with Gasteiger partial charge in [-0.1, -0.05) is 18.2 Å². The molecule has 2 aromatic rings. The van der Waals surface area contributed by atoms with Crippen LogP contribution in [0.4, 0.5) is 5.69 Å². The zero-order valence-corrected chi connectivity index (χ0v) is 13.1. The molecular weight excluding hydrogens is 295 g/mol. The Labute approximate surface area is 132 Å². The van der Waals surface area contributed by atoms with Crippen molar-refractivity contribution < 1.29 is 5.11 Å². The fourth-order valence-electron chi connectivity index (χ4n) is 2.14. The molecule has 20 heavy (non-hydrogen) atoms. The average Bonchev–Trinajstić information content (AvgIpc) is 2.40. The van der Waals surface area contributed by atoms with Gasteiger partial charge >= 0.3 is 0 Å². The molecule has 0 saturated heterocycles. The largest absolute Gasteiger partial charge is 0.392 e. The Morgan fingerprint density at radius 2 is 1.85 bits per heavy atom. The first-order chi connectivity index (χ1) is 8.72. The van der Waals surface area contributed by atoms with E-state index in [1.807, 2.05) is 49.5 Å². The molecule has 0 radical (unpaired) electrons. The summed E-state index contributed by atoms with van der Waals surface area (Å²) in [4.78, 5) is 4.35. The number of halogens is 2. The number of hydrogen-bond donors (Lipinski definition) is 2. The van der Waals surface area contributed by atoms with Crippen molar-refractivity contribution in [2.75, 3.05) is 12.4 Å². The molecule has 2 rings (SSSR count). The van der Waals surface area contributed by atoms with E-state index >= 15 is 0 Å². The van der Waals surface area contributed by atoms with Crippen LogP contribution < -0.4 is 5.32 Å². The highest BCUT2D eigenvalue weighted by Gasteiger charge is 2.20. The van der Waals surface area contributed by atoms with Gasteiger partial charge in [0.05, 0.1) is 17.7 Å². The van der Waals surface area contributed by atoms with Gasteiger partial charge in [-0.15, -0.1) is 24.8 Å². The number of aromatic nitrogens is 1. The number of hydrogen-bond acceptors (Lipinski definition) is 3. The van der Waals surface area contributed by atoms with Gasteiger partial charge in [-0.05, 0) is 36.8 Å². The molecule has 1 aromatic carbocycles. The summed E-state index contributed by atoms with van der Waals surface area (Å²) in [5, 5.41) is 13.1. The molecule has 1 heterocycles. The Morgan fingerprint density at radius 3 is 2.40 bits per heavy atom. The van der Waals surface area contributed by atoms with E-state index in [2.05, 4.69) is 10.3 Å². The Bertz CT molecular complexity index is 506. The molecule has 2 unspecified atom stereocenters. The summed E-state index contributed by atoms with van der Waals surface area (Å²) in [5.74, 6) is -0.0977. The van der Waals surface area contributed by atoms with Gasteiger partial charge in [0.15, 0.2) is 0 Å². The molecule has 0 amide bonds. The standard InChI is InChI=1S/C15H18N2O.2ClH/c1-11(18)15(14-8-3-4-9-17-14)12-6-5-7-13(10-12)16-2;;/h3-11,15-16,18H,1-2H3;2*1H. The molecule has 110 valence electrons. The fourth-order valence-corrected chi connectivity index (χ4v) is 2.14. The lowest BCUT2D eigenvalue weighted by Crippen LogP contribution is -2.17. The van der Waals surface area contributed by atoms with Crippen molar-refractivity contribution >= 4 is 30.5 Å². The van der Waals surface area contributed by atoms with E-state index in [-0.39, 0.29) is 30.7 Å². The normalized spacial score (nSPS) is 12.6. The molecule has 1 aromatic heterocycles. The van der Waals surface area contributed by atoms with E-state index in [4.69, 9.17) is 0 Å². The Morgan fingerprint density at radius 1 is 1.10 bits per heavy atom. The first kappa shape index (κ1) is 18.7. The van der Waals surface area contributed by atoms with Gasteiger partial charge < -0.3 is 10.4 Å². The smallest absolute Gasteiger partial charge is 0.0636 e. The van der Waals surface area contributed by atoms with Crippen molar-refractivity contribution in [3.63, 3.8) is 0 Å². The summed E-state index contributed by atoms with van der Waals surface area (Å²) in [6.07, 6.45) is 1.28. The summed E-state index contributed by atoms with van der Waals surface area (Å²) in [7, 11) is 1.89. The lowest BCUT2D eigenvalue weighted by molar-refractivity contribution is 0.175. The van der Waals surface area contributed by atoms with Crippen LogP contribution in [0.15, 0.2) is 48.7 Å². The SMILES string of the molecule is CNc1cccc(C(c2ccccn2)C(C)O)c1.Cl.Cl. The number of nitrogens with one attached hydrogen (secondary N) is 1. The van der Waals surface area contributed by atoms with Gasteiger partial charge in [0.2, 0.25) is 0 Å². The maximum absolute atomic E-state index is 10.0. The van der Waals surface area contributed by atoms with Crippen LogP contribution in [0.3, 0.4) is 0 Å². The third-order valence-electron chi connectivity index (χ3n) is 3.02. The van der Waals surface area contributed by atoms with Crippen LogP contribution in [0.2, 0.25) is 0 Å². The Kier molecular flexibility index (Phi) is 8.23. The molecule has 2 N–H and O–H groups in total. The zero-order valence-electron chi connectivity index (χ0n) is 11.5. The van der Waals surface area contributed by atoms with Crippen molar-refractivity contribution in [3.05, 3.63) is 59.9 Å². The van der Waals surface area contributed by atoms with E-state index in [1.54, 1.807) is 13.1 Å². The van der Waals surface area contributed by atoms with E-state index in [0.29, 0.717) is 0 Å². The lowest BCUT2D eigenvalue weighted by Gasteiger charge is -2.20. The highest BCUT2D eigenvalue weighted by Crippen LogP contribution is 2.28. The first-order valence-electron chi connectivity index (χ1n) is 6.09. The third kappa shape index (κ3) is 4.37. The second-order valence-corrected chi connectivity index (χ2v) is 4.35. The lowest BCUT2D eigenvalue weighted by atomic mass is 9.90. The van der Waals surface area contributed by atoms with Gasteiger partial charge in [0.1, 0.15) is 0 Å². The average molecular weight is 315 g/mol. The van der Waals surface area contributed by atoms with E-state index in [1.165, 1.54) is 0 Å².